The molecule has 0 fully saturated rings. The SMILES string of the molecule is Cc1nc(-c2c[nH]c3ccccc23)c(C=O)n1C. The molecule has 2 heterocycles. The van der Waals surface area contributed by atoms with E-state index in [0.717, 1.165) is 34.3 Å². The fourth-order valence-corrected chi connectivity index (χ4v) is 2.23. The maximum Gasteiger partial charge on any atom is 0.168 e. The van der Waals surface area contributed by atoms with Crippen molar-refractivity contribution in [1.82, 2.24) is 14.5 Å². The summed E-state index contributed by atoms with van der Waals surface area (Å²) in [5, 5.41) is 1.08. The number of hydrogen-bond acceptors (Lipinski definition) is 2. The minimum Gasteiger partial charge on any atom is -0.360 e. The summed E-state index contributed by atoms with van der Waals surface area (Å²) < 4.78 is 1.81. The van der Waals surface area contributed by atoms with Crippen molar-refractivity contribution < 1.29 is 4.79 Å². The molecule has 0 atom stereocenters. The minimum absolute atomic E-state index is 0.609. The van der Waals surface area contributed by atoms with Gasteiger partial charge >= 0.3 is 0 Å². The Morgan fingerprint density at radius 1 is 1.33 bits per heavy atom. The number of nitrogens with one attached hydrogen (secondary N) is 1. The van der Waals surface area contributed by atoms with E-state index in [-0.39, 0.29) is 0 Å². The van der Waals surface area contributed by atoms with Crippen LogP contribution < -0.4 is 0 Å². The van der Waals surface area contributed by atoms with Gasteiger partial charge in [-0.1, -0.05) is 18.2 Å². The average molecular weight is 239 g/mol. The van der Waals surface area contributed by atoms with Crippen molar-refractivity contribution in [3.63, 3.8) is 0 Å². The van der Waals surface area contributed by atoms with Crippen molar-refractivity contribution in [2.45, 2.75) is 6.92 Å². The van der Waals surface area contributed by atoms with Crippen LogP contribution in [0, 0.1) is 6.92 Å². The van der Waals surface area contributed by atoms with Crippen LogP contribution in [0.25, 0.3) is 22.2 Å². The molecule has 1 N–H and O–H groups in total. The Morgan fingerprint density at radius 3 is 2.89 bits per heavy atom. The summed E-state index contributed by atoms with van der Waals surface area (Å²) in [7, 11) is 1.85. The molecule has 2 aromatic heterocycles. The lowest BCUT2D eigenvalue weighted by Crippen LogP contribution is -1.97. The van der Waals surface area contributed by atoms with E-state index in [1.807, 2.05) is 49.0 Å². The Hall–Kier alpha value is -2.36. The second-order valence-corrected chi connectivity index (χ2v) is 4.32. The molecule has 18 heavy (non-hydrogen) atoms. The van der Waals surface area contributed by atoms with E-state index in [9.17, 15) is 4.79 Å². The van der Waals surface area contributed by atoms with Gasteiger partial charge in [-0.15, -0.1) is 0 Å². The standard InChI is InChI=1S/C14H13N3O/c1-9-16-14(13(8-18)17(9)2)11-7-15-12-6-4-3-5-10(11)12/h3-8,15H,1-2H3. The molecule has 0 aliphatic rings. The van der Waals surface area contributed by atoms with Gasteiger partial charge in [-0.2, -0.15) is 0 Å². The van der Waals surface area contributed by atoms with Gasteiger partial charge in [0.1, 0.15) is 17.2 Å². The Bertz CT molecular complexity index is 737. The Labute approximate surface area is 104 Å². The number of benzene rings is 1. The number of aldehydes is 1. The smallest absolute Gasteiger partial charge is 0.168 e. The lowest BCUT2D eigenvalue weighted by molar-refractivity contribution is 0.111. The summed E-state index contributed by atoms with van der Waals surface area (Å²) in [6.07, 6.45) is 2.76. The van der Waals surface area contributed by atoms with Gasteiger partial charge < -0.3 is 9.55 Å². The van der Waals surface area contributed by atoms with Crippen LogP contribution in [0.15, 0.2) is 30.5 Å². The Morgan fingerprint density at radius 2 is 2.11 bits per heavy atom. The average Bonchev–Trinajstić information content (AvgIpc) is 2.92. The number of carbonyl (C=O) groups is 1. The van der Waals surface area contributed by atoms with Crippen LogP contribution in [0.5, 0.6) is 0 Å². The first-order valence-electron chi connectivity index (χ1n) is 5.77. The van der Waals surface area contributed by atoms with Gasteiger partial charge in [0.2, 0.25) is 0 Å². The highest BCUT2D eigenvalue weighted by Crippen LogP contribution is 2.29. The number of rotatable bonds is 2. The van der Waals surface area contributed by atoms with Crippen LogP contribution in [0.3, 0.4) is 0 Å². The summed E-state index contributed by atoms with van der Waals surface area (Å²) in [6, 6.07) is 8.00. The lowest BCUT2D eigenvalue weighted by atomic mass is 10.1. The highest BCUT2D eigenvalue weighted by Gasteiger charge is 2.16. The number of imidazole rings is 1. The molecule has 3 aromatic rings. The van der Waals surface area contributed by atoms with E-state index in [4.69, 9.17) is 0 Å². The zero-order chi connectivity index (χ0) is 12.7. The zero-order valence-electron chi connectivity index (χ0n) is 10.3. The number of carbonyl (C=O) groups excluding carboxylic acids is 1. The van der Waals surface area contributed by atoms with Crippen molar-refractivity contribution in [3.05, 3.63) is 42.0 Å². The van der Waals surface area contributed by atoms with E-state index in [1.165, 1.54) is 0 Å². The molecule has 0 saturated heterocycles. The highest BCUT2D eigenvalue weighted by atomic mass is 16.1. The number of H-pyrrole nitrogens is 1. The predicted octanol–water partition coefficient (Wildman–Crippen LogP) is 2.69. The lowest BCUT2D eigenvalue weighted by Gasteiger charge is -1.98. The molecule has 3 rings (SSSR count). The summed E-state index contributed by atoms with van der Waals surface area (Å²) >= 11 is 0. The zero-order valence-corrected chi connectivity index (χ0v) is 10.3. The molecular weight excluding hydrogens is 226 g/mol. The molecule has 1 aromatic carbocycles. The van der Waals surface area contributed by atoms with Gasteiger partial charge in [-0.3, -0.25) is 4.79 Å². The third kappa shape index (κ3) is 1.39. The highest BCUT2D eigenvalue weighted by molar-refractivity contribution is 5.98. The number of aryl methyl sites for hydroxylation is 1. The van der Waals surface area contributed by atoms with Crippen molar-refractivity contribution in [2.75, 3.05) is 0 Å². The first-order valence-corrected chi connectivity index (χ1v) is 5.77. The largest absolute Gasteiger partial charge is 0.360 e. The molecule has 4 heteroatoms. The summed E-state index contributed by atoms with van der Waals surface area (Å²) in [5.41, 5.74) is 3.36. The van der Waals surface area contributed by atoms with Gasteiger partial charge in [0, 0.05) is 29.7 Å². The van der Waals surface area contributed by atoms with Gasteiger partial charge in [0.25, 0.3) is 0 Å². The number of hydrogen-bond donors (Lipinski definition) is 1. The maximum absolute atomic E-state index is 11.2. The predicted molar refractivity (Wildman–Crippen MR) is 70.6 cm³/mol. The van der Waals surface area contributed by atoms with E-state index in [0.29, 0.717) is 5.69 Å². The van der Waals surface area contributed by atoms with Crippen LogP contribution in [-0.2, 0) is 7.05 Å². The number of nitrogens with zero attached hydrogens (tertiary/aromatic N) is 2. The summed E-state index contributed by atoms with van der Waals surface area (Å²) in [5.74, 6) is 0.831. The number of para-hydroxylation sites is 1. The van der Waals surface area contributed by atoms with E-state index >= 15 is 0 Å². The summed E-state index contributed by atoms with van der Waals surface area (Å²) in [6.45, 7) is 1.89. The first kappa shape index (κ1) is 10.8. The fourth-order valence-electron chi connectivity index (χ4n) is 2.23. The van der Waals surface area contributed by atoms with Gasteiger partial charge in [0.05, 0.1) is 0 Å². The molecule has 90 valence electrons. The quantitative estimate of drug-likeness (QED) is 0.699. The van der Waals surface area contributed by atoms with Gasteiger partial charge in [-0.05, 0) is 13.0 Å². The van der Waals surface area contributed by atoms with Crippen molar-refractivity contribution in [3.8, 4) is 11.3 Å². The van der Waals surface area contributed by atoms with Crippen LogP contribution >= 0.6 is 0 Å². The van der Waals surface area contributed by atoms with E-state index in [1.54, 1.807) is 0 Å². The molecule has 0 aliphatic heterocycles. The Kier molecular flexibility index (Phi) is 2.30. The number of fused-ring (bicyclic) bond motifs is 1. The minimum atomic E-state index is 0.609. The normalized spacial score (nSPS) is 11.0. The van der Waals surface area contributed by atoms with Crippen LogP contribution in [0.4, 0.5) is 0 Å². The number of aromatic nitrogens is 3. The van der Waals surface area contributed by atoms with Crippen molar-refractivity contribution in [2.24, 2.45) is 7.05 Å². The second kappa shape index (κ2) is 3.84. The third-order valence-corrected chi connectivity index (χ3v) is 3.32. The van der Waals surface area contributed by atoms with Crippen LogP contribution in [-0.4, -0.2) is 20.8 Å². The van der Waals surface area contributed by atoms with Gasteiger partial charge in [-0.25, -0.2) is 4.98 Å². The third-order valence-electron chi connectivity index (χ3n) is 3.32. The molecule has 0 bridgehead atoms. The fraction of sp³-hybridized carbons (Fsp3) is 0.143. The molecule has 0 spiro atoms. The molecule has 0 aliphatic carbocycles. The van der Waals surface area contributed by atoms with Gasteiger partial charge in [0.15, 0.2) is 6.29 Å². The molecular formula is C14H13N3O. The van der Waals surface area contributed by atoms with E-state index < -0.39 is 0 Å². The second-order valence-electron chi connectivity index (χ2n) is 4.32. The molecule has 0 unspecified atom stereocenters. The molecule has 0 amide bonds. The molecule has 4 nitrogen and oxygen atoms in total. The van der Waals surface area contributed by atoms with Crippen LogP contribution in [0.1, 0.15) is 16.3 Å². The van der Waals surface area contributed by atoms with E-state index in [2.05, 4.69) is 9.97 Å². The van der Waals surface area contributed by atoms with Crippen molar-refractivity contribution >= 4 is 17.2 Å². The Balaban J connectivity index is 2.33. The number of aromatic amines is 1. The van der Waals surface area contributed by atoms with Crippen molar-refractivity contribution in [1.29, 1.82) is 0 Å². The maximum atomic E-state index is 11.2. The molecule has 0 radical (unpaired) electrons. The summed E-state index contributed by atoms with van der Waals surface area (Å²) in [4.78, 5) is 18.9. The first-order chi connectivity index (χ1) is 8.72. The topological polar surface area (TPSA) is 50.7 Å². The molecule has 0 saturated carbocycles. The monoisotopic (exact) mass is 239 g/mol. The van der Waals surface area contributed by atoms with Crippen LogP contribution in [0.2, 0.25) is 0 Å².